The molecule has 1 atom stereocenters. The Morgan fingerprint density at radius 2 is 1.96 bits per heavy atom. The summed E-state index contributed by atoms with van der Waals surface area (Å²) in [6.07, 6.45) is -0.224. The molecule has 2 aromatic rings. The smallest absolute Gasteiger partial charge is 0.265 e. The Hall–Kier alpha value is -1.96. The van der Waals surface area contributed by atoms with Gasteiger partial charge in [0.25, 0.3) is 15.9 Å². The van der Waals surface area contributed by atoms with Crippen LogP contribution in [0.5, 0.6) is 5.75 Å². The maximum Gasteiger partial charge on any atom is 0.265 e. The van der Waals surface area contributed by atoms with Crippen LogP contribution in [0.4, 0.5) is 11.4 Å². The first-order valence-corrected chi connectivity index (χ1v) is 10.0. The third kappa shape index (κ3) is 3.60. The van der Waals surface area contributed by atoms with Crippen LogP contribution in [0.1, 0.15) is 18.9 Å². The van der Waals surface area contributed by atoms with Gasteiger partial charge in [-0.15, -0.1) is 0 Å². The van der Waals surface area contributed by atoms with Crippen LogP contribution in [0.15, 0.2) is 35.2 Å². The second-order valence-corrected chi connectivity index (χ2v) is 8.34. The molecule has 0 saturated heterocycles. The van der Waals surface area contributed by atoms with Crippen LogP contribution >= 0.6 is 23.2 Å². The largest absolute Gasteiger partial charge is 0.478 e. The highest BCUT2D eigenvalue weighted by Crippen LogP contribution is 2.38. The number of benzene rings is 2. The fourth-order valence-corrected chi connectivity index (χ4v) is 4.37. The molecule has 3 rings (SSSR count). The van der Waals surface area contributed by atoms with Crippen molar-refractivity contribution in [2.75, 3.05) is 10.0 Å². The van der Waals surface area contributed by atoms with Gasteiger partial charge in [0, 0.05) is 11.1 Å². The van der Waals surface area contributed by atoms with Gasteiger partial charge in [0.1, 0.15) is 10.6 Å². The van der Waals surface area contributed by atoms with Crippen LogP contribution in [-0.4, -0.2) is 20.4 Å². The van der Waals surface area contributed by atoms with Crippen LogP contribution in [0, 0.1) is 6.92 Å². The van der Waals surface area contributed by atoms with Gasteiger partial charge in [0.15, 0.2) is 6.10 Å². The average molecular weight is 415 g/mol. The Labute approximate surface area is 161 Å². The summed E-state index contributed by atoms with van der Waals surface area (Å²) in [6, 6.07) is 7.56. The standard InChI is InChI=1S/C17H16Cl2N2O4S/c1-3-14-17(22)20-13-7-11(19)16(8-15(13)25-14)26(23,24)21-12-6-10(18)5-4-9(12)2/h4-8,14,21H,3H2,1-2H3,(H,20,22). The molecule has 26 heavy (non-hydrogen) atoms. The van der Waals surface area contributed by atoms with E-state index in [4.69, 9.17) is 27.9 Å². The molecule has 0 saturated carbocycles. The molecule has 1 aliphatic heterocycles. The van der Waals surface area contributed by atoms with Gasteiger partial charge in [-0.05, 0) is 37.1 Å². The quantitative estimate of drug-likeness (QED) is 0.784. The fraction of sp³-hybridized carbons (Fsp3) is 0.235. The predicted octanol–water partition coefficient (Wildman–Crippen LogP) is 4.21. The predicted molar refractivity (Wildman–Crippen MR) is 102 cm³/mol. The molecule has 1 amide bonds. The Morgan fingerprint density at radius 3 is 2.65 bits per heavy atom. The summed E-state index contributed by atoms with van der Waals surface area (Å²) in [4.78, 5) is 11.7. The number of nitrogens with one attached hydrogen (secondary N) is 2. The van der Waals surface area contributed by atoms with Gasteiger partial charge >= 0.3 is 0 Å². The third-order valence-electron chi connectivity index (χ3n) is 3.96. The molecule has 2 aromatic carbocycles. The minimum atomic E-state index is -3.99. The van der Waals surface area contributed by atoms with Crippen molar-refractivity contribution < 1.29 is 17.9 Å². The monoisotopic (exact) mass is 414 g/mol. The molecule has 138 valence electrons. The normalized spacial score (nSPS) is 16.5. The molecule has 1 aliphatic rings. The van der Waals surface area contributed by atoms with Gasteiger partial charge in [0.05, 0.1) is 16.4 Å². The van der Waals surface area contributed by atoms with Crippen LogP contribution in [0.2, 0.25) is 10.0 Å². The number of halogens is 2. The Morgan fingerprint density at radius 1 is 1.23 bits per heavy atom. The molecule has 0 radical (unpaired) electrons. The van der Waals surface area contributed by atoms with Crippen molar-refractivity contribution in [3.05, 3.63) is 45.9 Å². The third-order valence-corrected chi connectivity index (χ3v) is 6.02. The zero-order chi connectivity index (χ0) is 19.1. The second kappa shape index (κ2) is 6.98. The number of carbonyl (C=O) groups is 1. The van der Waals surface area contributed by atoms with Gasteiger partial charge in [0.2, 0.25) is 0 Å². The lowest BCUT2D eigenvalue weighted by Crippen LogP contribution is -2.36. The number of fused-ring (bicyclic) bond motifs is 1. The van der Waals surface area contributed by atoms with Gasteiger partial charge < -0.3 is 10.1 Å². The van der Waals surface area contributed by atoms with E-state index < -0.39 is 16.1 Å². The summed E-state index contributed by atoms with van der Waals surface area (Å²) in [7, 11) is -3.99. The second-order valence-electron chi connectivity index (χ2n) is 5.85. The van der Waals surface area contributed by atoms with E-state index in [-0.39, 0.29) is 21.6 Å². The number of amides is 1. The molecule has 1 heterocycles. The van der Waals surface area contributed by atoms with Crippen molar-refractivity contribution in [2.45, 2.75) is 31.3 Å². The topological polar surface area (TPSA) is 84.5 Å². The van der Waals surface area contributed by atoms with E-state index in [0.717, 1.165) is 0 Å². The lowest BCUT2D eigenvalue weighted by atomic mass is 10.2. The SMILES string of the molecule is CCC1Oc2cc(S(=O)(=O)Nc3cc(Cl)ccc3C)c(Cl)cc2NC1=O. The van der Waals surface area contributed by atoms with Gasteiger partial charge in [-0.25, -0.2) is 8.42 Å². The summed E-state index contributed by atoms with van der Waals surface area (Å²) in [5.74, 6) is -0.0385. The Kier molecular flexibility index (Phi) is 5.05. The van der Waals surface area contributed by atoms with Crippen LogP contribution in [0.3, 0.4) is 0 Å². The number of aryl methyl sites for hydroxylation is 1. The Balaban J connectivity index is 2.00. The molecule has 0 spiro atoms. The molecule has 0 fully saturated rings. The number of carbonyl (C=O) groups excluding carboxylic acids is 1. The molecular formula is C17H16Cl2N2O4S. The number of rotatable bonds is 4. The van der Waals surface area contributed by atoms with Crippen LogP contribution in [0.25, 0.3) is 0 Å². The molecule has 0 aliphatic carbocycles. The first kappa shape index (κ1) is 18.8. The maximum absolute atomic E-state index is 12.8. The molecule has 2 N–H and O–H groups in total. The van der Waals surface area contributed by atoms with E-state index in [1.807, 2.05) is 0 Å². The zero-order valence-corrected chi connectivity index (χ0v) is 16.3. The molecular weight excluding hydrogens is 399 g/mol. The lowest BCUT2D eigenvalue weighted by molar-refractivity contribution is -0.123. The van der Waals surface area contributed by atoms with Crippen molar-refractivity contribution >= 4 is 50.5 Å². The average Bonchev–Trinajstić information content (AvgIpc) is 2.56. The van der Waals surface area contributed by atoms with Gasteiger partial charge in [-0.2, -0.15) is 0 Å². The summed E-state index contributed by atoms with van der Waals surface area (Å²) in [5, 5.41) is 3.04. The van der Waals surface area contributed by atoms with Crippen molar-refractivity contribution in [2.24, 2.45) is 0 Å². The zero-order valence-electron chi connectivity index (χ0n) is 14.0. The van der Waals surface area contributed by atoms with Crippen molar-refractivity contribution in [1.29, 1.82) is 0 Å². The minimum absolute atomic E-state index is 0.0326. The first-order chi connectivity index (χ1) is 12.2. The van der Waals surface area contributed by atoms with E-state index in [1.54, 1.807) is 26.0 Å². The maximum atomic E-state index is 12.8. The number of hydrogen-bond donors (Lipinski definition) is 2. The van der Waals surface area contributed by atoms with Gasteiger partial charge in [-0.1, -0.05) is 36.2 Å². The Bertz CT molecular complexity index is 992. The molecule has 1 unspecified atom stereocenters. The number of hydrogen-bond acceptors (Lipinski definition) is 4. The number of sulfonamides is 1. The minimum Gasteiger partial charge on any atom is -0.478 e. The summed E-state index contributed by atoms with van der Waals surface area (Å²) >= 11 is 12.1. The molecule has 6 nitrogen and oxygen atoms in total. The van der Waals surface area contributed by atoms with Crippen molar-refractivity contribution in [3.8, 4) is 5.75 Å². The summed E-state index contributed by atoms with van der Waals surface area (Å²) in [6.45, 7) is 3.55. The van der Waals surface area contributed by atoms with E-state index in [2.05, 4.69) is 10.0 Å². The van der Waals surface area contributed by atoms with Crippen LogP contribution < -0.4 is 14.8 Å². The summed E-state index contributed by atoms with van der Waals surface area (Å²) in [5.41, 5.74) is 1.40. The molecule has 0 aromatic heterocycles. The highest BCUT2D eigenvalue weighted by atomic mass is 35.5. The summed E-state index contributed by atoms with van der Waals surface area (Å²) < 4.78 is 33.7. The lowest BCUT2D eigenvalue weighted by Gasteiger charge is -2.26. The van der Waals surface area contributed by atoms with E-state index in [9.17, 15) is 13.2 Å². The van der Waals surface area contributed by atoms with Crippen molar-refractivity contribution in [3.63, 3.8) is 0 Å². The van der Waals surface area contributed by atoms with Crippen molar-refractivity contribution in [1.82, 2.24) is 0 Å². The molecule has 9 heteroatoms. The first-order valence-electron chi connectivity index (χ1n) is 7.81. The van der Waals surface area contributed by atoms with E-state index in [1.165, 1.54) is 18.2 Å². The highest BCUT2D eigenvalue weighted by Gasteiger charge is 2.29. The molecule has 0 bridgehead atoms. The van der Waals surface area contributed by atoms with E-state index >= 15 is 0 Å². The van der Waals surface area contributed by atoms with E-state index in [0.29, 0.717) is 28.4 Å². The fourth-order valence-electron chi connectivity index (χ4n) is 2.53. The number of ether oxygens (including phenoxy) is 1. The number of anilines is 2. The highest BCUT2D eigenvalue weighted by molar-refractivity contribution is 7.92. The van der Waals surface area contributed by atoms with Gasteiger partial charge in [-0.3, -0.25) is 9.52 Å². The van der Waals surface area contributed by atoms with Crippen LogP contribution in [-0.2, 0) is 14.8 Å².